The molecule has 2 N–H and O–H groups in total. The lowest BCUT2D eigenvalue weighted by molar-refractivity contribution is 0.0950. The third-order valence-electron chi connectivity index (χ3n) is 3.77. The predicted octanol–water partition coefficient (Wildman–Crippen LogP) is 3.51. The van der Waals surface area contributed by atoms with Crippen LogP contribution >= 0.6 is 11.6 Å². The molecule has 8 heteroatoms. The second-order valence-electron chi connectivity index (χ2n) is 5.48. The fraction of sp³-hybridized carbons (Fsp3) is 0.105. The zero-order valence-electron chi connectivity index (χ0n) is 14.7. The monoisotopic (exact) mass is 384 g/mol. The number of benzene rings is 2. The summed E-state index contributed by atoms with van der Waals surface area (Å²) < 4.78 is 10.4. The van der Waals surface area contributed by atoms with Crippen LogP contribution in [-0.2, 0) is 0 Å². The van der Waals surface area contributed by atoms with Gasteiger partial charge in [-0.05, 0) is 36.4 Å². The maximum absolute atomic E-state index is 12.2. The predicted molar refractivity (Wildman–Crippen MR) is 104 cm³/mol. The van der Waals surface area contributed by atoms with Crippen LogP contribution in [0.2, 0.25) is 5.02 Å². The van der Waals surface area contributed by atoms with Gasteiger partial charge in [0.2, 0.25) is 0 Å². The zero-order valence-corrected chi connectivity index (χ0v) is 15.4. The van der Waals surface area contributed by atoms with Gasteiger partial charge in [0.15, 0.2) is 0 Å². The van der Waals surface area contributed by atoms with Crippen molar-refractivity contribution in [3.8, 4) is 22.8 Å². The first-order chi connectivity index (χ1) is 13.1. The highest BCUT2D eigenvalue weighted by Gasteiger charge is 2.10. The molecule has 0 aliphatic rings. The smallest absolute Gasteiger partial charge is 0.289 e. The standard InChI is InChI=1S/C19H17ClN4O3/c1-26-15-7-8-18(27-2)13(9-15)11-21-24-19(25)17-10-16(22-23-17)12-3-5-14(20)6-4-12/h3-11H,1-2H3,(H,22,23)(H,24,25)/b21-11+. The molecule has 1 amide bonds. The molecule has 0 saturated carbocycles. The molecule has 0 aliphatic carbocycles. The van der Waals surface area contributed by atoms with Gasteiger partial charge in [-0.3, -0.25) is 9.89 Å². The van der Waals surface area contributed by atoms with E-state index in [0.717, 1.165) is 5.56 Å². The van der Waals surface area contributed by atoms with Crippen molar-refractivity contribution in [3.05, 3.63) is 64.8 Å². The summed E-state index contributed by atoms with van der Waals surface area (Å²) in [6.07, 6.45) is 1.48. The number of hydrogen-bond acceptors (Lipinski definition) is 5. The Balaban J connectivity index is 1.69. The van der Waals surface area contributed by atoms with Crippen LogP contribution in [0, 0.1) is 0 Å². The number of amides is 1. The molecule has 138 valence electrons. The molecule has 0 unspecified atom stereocenters. The summed E-state index contributed by atoms with van der Waals surface area (Å²) in [6, 6.07) is 14.1. The van der Waals surface area contributed by atoms with Crippen molar-refractivity contribution in [2.75, 3.05) is 14.2 Å². The summed E-state index contributed by atoms with van der Waals surface area (Å²) in [6.45, 7) is 0. The number of ether oxygens (including phenoxy) is 2. The summed E-state index contributed by atoms with van der Waals surface area (Å²) in [4.78, 5) is 12.2. The lowest BCUT2D eigenvalue weighted by Crippen LogP contribution is -2.18. The highest BCUT2D eigenvalue weighted by molar-refractivity contribution is 6.30. The normalized spacial score (nSPS) is 10.8. The Morgan fingerprint density at radius 3 is 2.63 bits per heavy atom. The first kappa shape index (κ1) is 18.5. The third-order valence-corrected chi connectivity index (χ3v) is 4.02. The quantitative estimate of drug-likeness (QED) is 0.502. The second-order valence-corrected chi connectivity index (χ2v) is 5.92. The zero-order chi connectivity index (χ0) is 19.2. The number of hydrazone groups is 1. The van der Waals surface area contributed by atoms with Gasteiger partial charge in [0.05, 0.1) is 26.1 Å². The summed E-state index contributed by atoms with van der Waals surface area (Å²) in [7, 11) is 3.13. The average molecular weight is 385 g/mol. The molecule has 7 nitrogen and oxygen atoms in total. The SMILES string of the molecule is COc1ccc(OC)c(/C=N/NC(=O)c2cc(-c3ccc(Cl)cc3)n[nH]2)c1. The van der Waals surface area contributed by atoms with Crippen molar-refractivity contribution in [2.24, 2.45) is 5.10 Å². The van der Waals surface area contributed by atoms with Crippen molar-refractivity contribution >= 4 is 23.7 Å². The molecule has 2 aromatic carbocycles. The number of carbonyl (C=O) groups excluding carboxylic acids is 1. The lowest BCUT2D eigenvalue weighted by Gasteiger charge is -2.06. The molecule has 0 radical (unpaired) electrons. The minimum atomic E-state index is -0.416. The third kappa shape index (κ3) is 4.45. The topological polar surface area (TPSA) is 88.6 Å². The van der Waals surface area contributed by atoms with Crippen LogP contribution in [0.5, 0.6) is 11.5 Å². The van der Waals surface area contributed by atoms with Crippen LogP contribution in [0.3, 0.4) is 0 Å². The Labute approximate surface area is 161 Å². The van der Waals surface area contributed by atoms with Crippen molar-refractivity contribution in [1.82, 2.24) is 15.6 Å². The highest BCUT2D eigenvalue weighted by atomic mass is 35.5. The Bertz CT molecular complexity index is 967. The number of nitrogens with one attached hydrogen (secondary N) is 2. The van der Waals surface area contributed by atoms with Gasteiger partial charge in [-0.2, -0.15) is 10.2 Å². The number of halogens is 1. The number of carbonyl (C=O) groups is 1. The van der Waals surface area contributed by atoms with Gasteiger partial charge in [-0.15, -0.1) is 0 Å². The van der Waals surface area contributed by atoms with Crippen molar-refractivity contribution in [1.29, 1.82) is 0 Å². The van der Waals surface area contributed by atoms with Crippen LogP contribution in [0.15, 0.2) is 53.6 Å². The fourth-order valence-electron chi connectivity index (χ4n) is 2.37. The fourth-order valence-corrected chi connectivity index (χ4v) is 2.49. The number of methoxy groups -OCH3 is 2. The Morgan fingerprint density at radius 1 is 1.15 bits per heavy atom. The van der Waals surface area contributed by atoms with E-state index in [9.17, 15) is 4.79 Å². The lowest BCUT2D eigenvalue weighted by atomic mass is 10.1. The largest absolute Gasteiger partial charge is 0.497 e. The number of hydrogen-bond donors (Lipinski definition) is 2. The Hall–Kier alpha value is -3.32. The van der Waals surface area contributed by atoms with Crippen LogP contribution in [0.25, 0.3) is 11.3 Å². The molecule has 0 bridgehead atoms. The minimum absolute atomic E-state index is 0.287. The van der Waals surface area contributed by atoms with Crippen molar-refractivity contribution in [2.45, 2.75) is 0 Å². The maximum atomic E-state index is 12.2. The van der Waals surface area contributed by atoms with E-state index in [4.69, 9.17) is 21.1 Å². The highest BCUT2D eigenvalue weighted by Crippen LogP contribution is 2.22. The number of aromatic nitrogens is 2. The van der Waals surface area contributed by atoms with E-state index in [1.807, 2.05) is 12.1 Å². The number of nitrogens with zero attached hydrogens (tertiary/aromatic N) is 2. The number of aromatic amines is 1. The van der Waals surface area contributed by atoms with E-state index >= 15 is 0 Å². The van der Waals surface area contributed by atoms with E-state index in [-0.39, 0.29) is 5.69 Å². The first-order valence-corrected chi connectivity index (χ1v) is 8.35. The van der Waals surface area contributed by atoms with E-state index in [1.165, 1.54) is 6.21 Å². The maximum Gasteiger partial charge on any atom is 0.289 e. The molecule has 0 fully saturated rings. The van der Waals surface area contributed by atoms with Gasteiger partial charge in [0.25, 0.3) is 5.91 Å². The molecule has 0 atom stereocenters. The van der Waals surface area contributed by atoms with E-state index in [1.54, 1.807) is 50.6 Å². The van der Waals surface area contributed by atoms with Crippen molar-refractivity contribution in [3.63, 3.8) is 0 Å². The number of H-pyrrole nitrogens is 1. The van der Waals surface area contributed by atoms with Gasteiger partial charge in [-0.25, -0.2) is 5.43 Å². The molecule has 0 saturated heterocycles. The number of rotatable bonds is 6. The molecule has 3 rings (SSSR count). The van der Waals surface area contributed by atoms with E-state index < -0.39 is 5.91 Å². The molecule has 1 heterocycles. The van der Waals surface area contributed by atoms with Gasteiger partial charge in [0.1, 0.15) is 17.2 Å². The Morgan fingerprint density at radius 2 is 1.93 bits per heavy atom. The van der Waals surface area contributed by atoms with Crippen LogP contribution < -0.4 is 14.9 Å². The summed E-state index contributed by atoms with van der Waals surface area (Å²) in [5.74, 6) is 0.853. The van der Waals surface area contributed by atoms with Gasteiger partial charge in [0, 0.05) is 16.1 Å². The van der Waals surface area contributed by atoms with Crippen LogP contribution in [0.4, 0.5) is 0 Å². The van der Waals surface area contributed by atoms with Gasteiger partial charge < -0.3 is 9.47 Å². The first-order valence-electron chi connectivity index (χ1n) is 7.97. The van der Waals surface area contributed by atoms with Crippen LogP contribution in [0.1, 0.15) is 16.1 Å². The van der Waals surface area contributed by atoms with Crippen LogP contribution in [-0.4, -0.2) is 36.5 Å². The van der Waals surface area contributed by atoms with E-state index in [0.29, 0.717) is 27.8 Å². The Kier molecular flexibility index (Phi) is 5.73. The molecule has 0 spiro atoms. The van der Waals surface area contributed by atoms with E-state index in [2.05, 4.69) is 20.7 Å². The summed E-state index contributed by atoms with van der Waals surface area (Å²) in [5.41, 5.74) is 4.89. The van der Waals surface area contributed by atoms with Crippen molar-refractivity contribution < 1.29 is 14.3 Å². The molecular formula is C19H17ClN4O3. The average Bonchev–Trinajstić information content (AvgIpc) is 3.18. The molecule has 27 heavy (non-hydrogen) atoms. The van der Waals surface area contributed by atoms with Gasteiger partial charge in [-0.1, -0.05) is 23.7 Å². The molecule has 1 aromatic heterocycles. The second kappa shape index (κ2) is 8.37. The summed E-state index contributed by atoms with van der Waals surface area (Å²) in [5, 5.41) is 11.4. The minimum Gasteiger partial charge on any atom is -0.497 e. The molecule has 0 aliphatic heterocycles. The molecular weight excluding hydrogens is 368 g/mol. The molecule has 3 aromatic rings. The summed E-state index contributed by atoms with van der Waals surface area (Å²) >= 11 is 5.88. The van der Waals surface area contributed by atoms with Gasteiger partial charge >= 0.3 is 0 Å².